The van der Waals surface area contributed by atoms with E-state index >= 15 is 0 Å². The Balaban J connectivity index is 2.34. The molecule has 26 heavy (non-hydrogen) atoms. The highest BCUT2D eigenvalue weighted by atomic mass is 79.9. The van der Waals surface area contributed by atoms with Crippen molar-refractivity contribution in [2.75, 3.05) is 13.7 Å². The number of carbonyl (C=O) groups excluding carboxylic acids is 1. The van der Waals surface area contributed by atoms with Gasteiger partial charge in [-0.3, -0.25) is 10.1 Å². The Morgan fingerprint density at radius 1 is 1.27 bits per heavy atom. The molecule has 8 heteroatoms. The Morgan fingerprint density at radius 2 is 2.00 bits per heavy atom. The molecule has 0 aliphatic carbocycles. The Labute approximate surface area is 158 Å². The van der Waals surface area contributed by atoms with Crippen molar-refractivity contribution in [3.05, 3.63) is 68.3 Å². The van der Waals surface area contributed by atoms with Crippen molar-refractivity contribution in [3.63, 3.8) is 0 Å². The molecule has 0 spiro atoms. The molecular formula is C18H16BrNO6. The van der Waals surface area contributed by atoms with Gasteiger partial charge in [0.15, 0.2) is 11.5 Å². The highest BCUT2D eigenvalue weighted by molar-refractivity contribution is 9.10. The van der Waals surface area contributed by atoms with Crippen LogP contribution in [0.25, 0.3) is 6.08 Å². The van der Waals surface area contributed by atoms with E-state index in [4.69, 9.17) is 14.2 Å². The summed E-state index contributed by atoms with van der Waals surface area (Å²) in [6.45, 7) is 2.23. The highest BCUT2D eigenvalue weighted by Crippen LogP contribution is 2.38. The Morgan fingerprint density at radius 3 is 2.65 bits per heavy atom. The van der Waals surface area contributed by atoms with E-state index in [1.54, 1.807) is 30.3 Å². The molecule has 0 saturated carbocycles. The van der Waals surface area contributed by atoms with Crippen LogP contribution < -0.4 is 14.2 Å². The lowest BCUT2D eigenvalue weighted by atomic mass is 10.2. The normalized spacial score (nSPS) is 10.6. The van der Waals surface area contributed by atoms with E-state index in [0.29, 0.717) is 22.4 Å². The zero-order valence-electron chi connectivity index (χ0n) is 14.1. The fourth-order valence-corrected chi connectivity index (χ4v) is 2.69. The van der Waals surface area contributed by atoms with Gasteiger partial charge in [0, 0.05) is 6.08 Å². The number of hydrogen-bond acceptors (Lipinski definition) is 6. The van der Waals surface area contributed by atoms with Gasteiger partial charge in [-0.15, -0.1) is 0 Å². The molecule has 0 unspecified atom stereocenters. The first-order valence-electron chi connectivity index (χ1n) is 7.59. The molecule has 0 aliphatic rings. The minimum absolute atomic E-state index is 0.169. The summed E-state index contributed by atoms with van der Waals surface area (Å²) in [4.78, 5) is 22.4. The lowest BCUT2D eigenvalue weighted by molar-refractivity contribution is -0.400. The van der Waals surface area contributed by atoms with E-state index < -0.39 is 10.9 Å². The molecule has 0 fully saturated rings. The number of para-hydroxylation sites is 1. The van der Waals surface area contributed by atoms with Crippen LogP contribution >= 0.6 is 15.9 Å². The molecule has 136 valence electrons. The van der Waals surface area contributed by atoms with Gasteiger partial charge in [0.1, 0.15) is 11.3 Å². The number of nitro groups is 1. The lowest BCUT2D eigenvalue weighted by Gasteiger charge is -2.13. The minimum Gasteiger partial charge on any atom is -0.493 e. The maximum absolute atomic E-state index is 12.5. The predicted octanol–water partition coefficient (Wildman–Crippen LogP) is 4.32. The average Bonchev–Trinajstić information content (AvgIpc) is 2.62. The topological polar surface area (TPSA) is 87.9 Å². The number of halogens is 1. The Hall–Kier alpha value is -2.87. The van der Waals surface area contributed by atoms with Crippen LogP contribution in [0.3, 0.4) is 0 Å². The summed E-state index contributed by atoms with van der Waals surface area (Å²) in [5.74, 6) is 0.230. The second kappa shape index (κ2) is 9.00. The van der Waals surface area contributed by atoms with E-state index in [2.05, 4.69) is 15.9 Å². The fourth-order valence-electron chi connectivity index (χ4n) is 2.15. The van der Waals surface area contributed by atoms with Crippen LogP contribution in [0.5, 0.6) is 17.2 Å². The molecule has 0 atom stereocenters. The first kappa shape index (κ1) is 19.5. The molecule has 0 N–H and O–H groups in total. The van der Waals surface area contributed by atoms with Crippen LogP contribution in [0.4, 0.5) is 0 Å². The second-order valence-corrected chi connectivity index (χ2v) is 5.81. The summed E-state index contributed by atoms with van der Waals surface area (Å²) in [5.41, 5.74) is 0.792. The van der Waals surface area contributed by atoms with Crippen LogP contribution in [0.1, 0.15) is 22.8 Å². The second-order valence-electron chi connectivity index (χ2n) is 4.95. The first-order chi connectivity index (χ1) is 12.5. The smallest absolute Gasteiger partial charge is 0.347 e. The van der Waals surface area contributed by atoms with Crippen molar-refractivity contribution in [1.82, 2.24) is 0 Å². The van der Waals surface area contributed by atoms with E-state index in [0.717, 1.165) is 6.20 Å². The molecule has 2 aromatic rings. The SMILES string of the molecule is CCOc1ccccc1C(=O)Oc1c(Br)cc(C=C[N+](=O)[O-])cc1OC. The molecule has 0 aliphatic heterocycles. The van der Waals surface area contributed by atoms with Gasteiger partial charge >= 0.3 is 5.97 Å². The summed E-state index contributed by atoms with van der Waals surface area (Å²) < 4.78 is 16.6. The zero-order chi connectivity index (χ0) is 19.1. The number of hydrogen-bond donors (Lipinski definition) is 0. The van der Waals surface area contributed by atoms with Gasteiger partial charge in [0.25, 0.3) is 0 Å². The monoisotopic (exact) mass is 421 g/mol. The van der Waals surface area contributed by atoms with Crippen LogP contribution in [-0.4, -0.2) is 24.6 Å². The molecule has 0 saturated heterocycles. The molecule has 7 nitrogen and oxygen atoms in total. The summed E-state index contributed by atoms with van der Waals surface area (Å²) in [6.07, 6.45) is 2.12. The lowest BCUT2D eigenvalue weighted by Crippen LogP contribution is -2.12. The van der Waals surface area contributed by atoms with Gasteiger partial charge in [-0.1, -0.05) is 12.1 Å². The molecule has 0 aromatic heterocycles. The molecule has 0 amide bonds. The van der Waals surface area contributed by atoms with Crippen molar-refractivity contribution in [2.24, 2.45) is 0 Å². The van der Waals surface area contributed by atoms with Gasteiger partial charge in [-0.2, -0.15) is 0 Å². The van der Waals surface area contributed by atoms with Crippen LogP contribution in [0.2, 0.25) is 0 Å². The minimum atomic E-state index is -0.610. The average molecular weight is 422 g/mol. The number of ether oxygens (including phenoxy) is 3. The van der Waals surface area contributed by atoms with E-state index in [1.807, 2.05) is 6.92 Å². The molecule has 0 heterocycles. The maximum Gasteiger partial charge on any atom is 0.347 e. The first-order valence-corrected chi connectivity index (χ1v) is 8.38. The number of benzene rings is 2. The summed E-state index contributed by atoms with van der Waals surface area (Å²) in [7, 11) is 1.41. The van der Waals surface area contributed by atoms with E-state index in [9.17, 15) is 14.9 Å². The molecule has 2 aromatic carbocycles. The van der Waals surface area contributed by atoms with Crippen LogP contribution in [-0.2, 0) is 0 Å². The quantitative estimate of drug-likeness (QED) is 0.286. The molecule has 0 radical (unpaired) electrons. The van der Waals surface area contributed by atoms with Crippen LogP contribution in [0, 0.1) is 10.1 Å². The number of rotatable bonds is 7. The van der Waals surface area contributed by atoms with Gasteiger partial charge in [-0.25, -0.2) is 4.79 Å². The molecular weight excluding hydrogens is 406 g/mol. The third-order valence-corrected chi connectivity index (χ3v) is 3.83. The number of methoxy groups -OCH3 is 1. The standard InChI is InChI=1S/C18H16BrNO6/c1-3-25-15-7-5-4-6-13(15)18(21)26-17-14(19)10-12(8-9-20(22)23)11-16(17)24-2/h4-11H,3H2,1-2H3. The fraction of sp³-hybridized carbons (Fsp3) is 0.167. The summed E-state index contributed by atoms with van der Waals surface area (Å²) >= 11 is 3.30. The van der Waals surface area contributed by atoms with Crippen molar-refractivity contribution < 1.29 is 23.9 Å². The summed E-state index contributed by atoms with van der Waals surface area (Å²) in [5, 5.41) is 10.5. The van der Waals surface area contributed by atoms with Crippen molar-refractivity contribution >= 4 is 28.0 Å². The van der Waals surface area contributed by atoms with Crippen molar-refractivity contribution in [1.29, 1.82) is 0 Å². The third kappa shape index (κ3) is 4.82. The number of esters is 1. The van der Waals surface area contributed by atoms with Crippen LogP contribution in [0.15, 0.2) is 47.1 Å². The number of carbonyl (C=O) groups is 1. The predicted molar refractivity (Wildman–Crippen MR) is 99.3 cm³/mol. The van der Waals surface area contributed by atoms with Gasteiger partial charge < -0.3 is 14.2 Å². The van der Waals surface area contributed by atoms with E-state index in [-0.39, 0.29) is 17.1 Å². The number of nitrogens with zero attached hydrogens (tertiary/aromatic N) is 1. The van der Waals surface area contributed by atoms with Gasteiger partial charge in [0.2, 0.25) is 6.20 Å². The highest BCUT2D eigenvalue weighted by Gasteiger charge is 2.19. The Bertz CT molecular complexity index is 850. The summed E-state index contributed by atoms with van der Waals surface area (Å²) in [6, 6.07) is 9.85. The third-order valence-electron chi connectivity index (χ3n) is 3.24. The van der Waals surface area contributed by atoms with Gasteiger partial charge in [0.05, 0.1) is 23.1 Å². The van der Waals surface area contributed by atoms with Crippen molar-refractivity contribution in [3.8, 4) is 17.2 Å². The van der Waals surface area contributed by atoms with Crippen molar-refractivity contribution in [2.45, 2.75) is 6.92 Å². The molecule has 0 bridgehead atoms. The van der Waals surface area contributed by atoms with E-state index in [1.165, 1.54) is 19.3 Å². The molecule has 2 rings (SSSR count). The zero-order valence-corrected chi connectivity index (χ0v) is 15.7. The van der Waals surface area contributed by atoms with Gasteiger partial charge in [-0.05, 0) is 52.7 Å². The largest absolute Gasteiger partial charge is 0.493 e. The Kier molecular flexibility index (Phi) is 6.74. The maximum atomic E-state index is 12.5.